The van der Waals surface area contributed by atoms with E-state index in [0.29, 0.717) is 13.1 Å². The van der Waals surface area contributed by atoms with E-state index < -0.39 is 4.92 Å². The molecule has 0 aromatic carbocycles. The number of nitrogens with two attached hydrogens (primary N) is 2. The van der Waals surface area contributed by atoms with Crippen molar-refractivity contribution in [3.8, 4) is 0 Å². The van der Waals surface area contributed by atoms with Gasteiger partial charge in [0.15, 0.2) is 0 Å². The molecule has 1 heterocycles. The molecule has 8 nitrogen and oxygen atoms in total. The van der Waals surface area contributed by atoms with Gasteiger partial charge in [0.05, 0.1) is 4.92 Å². The molecule has 0 atom stereocenters. The average Bonchev–Trinajstić information content (AvgIpc) is 2.43. The van der Waals surface area contributed by atoms with E-state index in [4.69, 9.17) is 11.5 Å². The Hall–Kier alpha value is -1.83. The highest BCUT2D eigenvalue weighted by Gasteiger charge is 2.21. The zero-order valence-corrected chi connectivity index (χ0v) is 6.78. The van der Waals surface area contributed by atoms with Gasteiger partial charge in [-0.15, -0.1) is 5.10 Å². The Morgan fingerprint density at radius 2 is 2.38 bits per heavy atom. The van der Waals surface area contributed by atoms with Crippen LogP contribution in [0.4, 0.5) is 17.3 Å². The van der Waals surface area contributed by atoms with Crippen molar-refractivity contribution in [1.29, 1.82) is 0 Å². The van der Waals surface area contributed by atoms with E-state index in [1.165, 1.54) is 0 Å². The zero-order valence-electron chi connectivity index (χ0n) is 6.78. The molecule has 0 radical (unpaired) electrons. The topological polar surface area (TPSA) is 136 Å². The third-order valence-electron chi connectivity index (χ3n) is 1.39. The Kier molecular flexibility index (Phi) is 2.65. The first kappa shape index (κ1) is 9.26. The summed E-state index contributed by atoms with van der Waals surface area (Å²) in [7, 11) is 0. The maximum Gasteiger partial charge on any atom is 0.354 e. The smallest absolute Gasteiger partial charge is 0.354 e. The molecule has 6 N–H and O–H groups in total. The fraction of sp³-hybridized carbons (Fsp3) is 0.400. The van der Waals surface area contributed by atoms with Crippen molar-refractivity contribution in [2.24, 2.45) is 5.73 Å². The van der Waals surface area contributed by atoms with Crippen LogP contribution in [0.1, 0.15) is 0 Å². The lowest BCUT2D eigenvalue weighted by Gasteiger charge is -1.97. The molecule has 72 valence electrons. The van der Waals surface area contributed by atoms with E-state index in [1.54, 1.807) is 0 Å². The van der Waals surface area contributed by atoms with Crippen molar-refractivity contribution < 1.29 is 4.92 Å². The number of anilines is 2. The molecular formula is C5H10N6O2. The van der Waals surface area contributed by atoms with Crippen LogP contribution < -0.4 is 16.8 Å². The first-order valence-corrected chi connectivity index (χ1v) is 3.59. The number of hydrogen-bond acceptors (Lipinski definition) is 6. The monoisotopic (exact) mass is 186 g/mol. The van der Waals surface area contributed by atoms with Gasteiger partial charge in [0.25, 0.3) is 0 Å². The highest BCUT2D eigenvalue weighted by molar-refractivity contribution is 5.68. The second kappa shape index (κ2) is 3.72. The Morgan fingerprint density at radius 3 is 2.92 bits per heavy atom. The predicted octanol–water partition coefficient (Wildman–Crippen LogP) is -0.729. The number of H-pyrrole nitrogens is 1. The van der Waals surface area contributed by atoms with E-state index in [0.717, 1.165) is 0 Å². The van der Waals surface area contributed by atoms with Gasteiger partial charge in [0.2, 0.25) is 11.6 Å². The van der Waals surface area contributed by atoms with Gasteiger partial charge in [-0.3, -0.25) is 15.2 Å². The minimum absolute atomic E-state index is 0.0653. The van der Waals surface area contributed by atoms with Gasteiger partial charge in [0.1, 0.15) is 0 Å². The van der Waals surface area contributed by atoms with Crippen LogP contribution in [-0.4, -0.2) is 28.2 Å². The Morgan fingerprint density at radius 1 is 1.69 bits per heavy atom. The lowest BCUT2D eigenvalue weighted by atomic mass is 10.4. The summed E-state index contributed by atoms with van der Waals surface area (Å²) in [5.41, 5.74) is 10.2. The molecule has 0 aliphatic rings. The molecular weight excluding hydrogens is 176 g/mol. The molecule has 0 bridgehead atoms. The van der Waals surface area contributed by atoms with Gasteiger partial charge >= 0.3 is 5.69 Å². The largest absolute Gasteiger partial charge is 0.378 e. The molecule has 8 heteroatoms. The summed E-state index contributed by atoms with van der Waals surface area (Å²) in [5.74, 6) is 0.0532. The number of aromatic amines is 1. The zero-order chi connectivity index (χ0) is 9.84. The van der Waals surface area contributed by atoms with Crippen molar-refractivity contribution in [2.45, 2.75) is 0 Å². The van der Waals surface area contributed by atoms with E-state index in [-0.39, 0.29) is 17.3 Å². The minimum atomic E-state index is -0.600. The summed E-state index contributed by atoms with van der Waals surface area (Å²) in [6, 6.07) is 0. The highest BCUT2D eigenvalue weighted by Crippen LogP contribution is 2.26. The van der Waals surface area contributed by atoms with Crippen molar-refractivity contribution >= 4 is 17.3 Å². The molecule has 1 rings (SSSR count). The van der Waals surface area contributed by atoms with Crippen molar-refractivity contribution in [3.05, 3.63) is 10.1 Å². The van der Waals surface area contributed by atoms with Gasteiger partial charge in [-0.2, -0.15) is 0 Å². The average molecular weight is 186 g/mol. The molecule has 0 aliphatic carbocycles. The maximum atomic E-state index is 10.5. The third kappa shape index (κ3) is 1.85. The predicted molar refractivity (Wildman–Crippen MR) is 47.2 cm³/mol. The molecule has 13 heavy (non-hydrogen) atoms. The number of rotatable bonds is 4. The van der Waals surface area contributed by atoms with Crippen LogP contribution in [0.2, 0.25) is 0 Å². The van der Waals surface area contributed by atoms with Crippen molar-refractivity contribution in [2.75, 3.05) is 24.1 Å². The summed E-state index contributed by atoms with van der Waals surface area (Å²) < 4.78 is 0. The van der Waals surface area contributed by atoms with Gasteiger partial charge in [-0.1, -0.05) is 0 Å². The number of nitrogens with zero attached hydrogens (tertiary/aromatic N) is 2. The van der Waals surface area contributed by atoms with Gasteiger partial charge in [0, 0.05) is 13.1 Å². The molecule has 0 unspecified atom stereocenters. The van der Waals surface area contributed by atoms with Crippen LogP contribution in [0, 0.1) is 10.1 Å². The highest BCUT2D eigenvalue weighted by atomic mass is 16.6. The number of nitro groups is 1. The van der Waals surface area contributed by atoms with Crippen molar-refractivity contribution in [1.82, 2.24) is 10.2 Å². The van der Waals surface area contributed by atoms with Crippen LogP contribution in [0.15, 0.2) is 0 Å². The number of nitrogens with one attached hydrogen (secondary N) is 2. The van der Waals surface area contributed by atoms with Crippen molar-refractivity contribution in [3.63, 3.8) is 0 Å². The normalized spacial score (nSPS) is 9.92. The molecule has 0 spiro atoms. The van der Waals surface area contributed by atoms with Crippen LogP contribution in [-0.2, 0) is 0 Å². The number of aromatic nitrogens is 2. The third-order valence-corrected chi connectivity index (χ3v) is 1.39. The molecule has 0 amide bonds. The fourth-order valence-corrected chi connectivity index (χ4v) is 0.848. The van der Waals surface area contributed by atoms with E-state index in [1.807, 2.05) is 0 Å². The lowest BCUT2D eigenvalue weighted by Crippen LogP contribution is -2.14. The van der Waals surface area contributed by atoms with Crippen LogP contribution in [0.25, 0.3) is 0 Å². The van der Waals surface area contributed by atoms with E-state index >= 15 is 0 Å². The van der Waals surface area contributed by atoms with Gasteiger partial charge in [-0.05, 0) is 0 Å². The Labute approximate surface area is 73.4 Å². The molecule has 1 aromatic heterocycles. The van der Waals surface area contributed by atoms with Gasteiger partial charge < -0.3 is 16.8 Å². The lowest BCUT2D eigenvalue weighted by molar-refractivity contribution is -0.383. The standard InChI is InChI=1S/C5H10N6O2/c6-1-2-8-5-3(11(12)13)4(7)9-10-5/h1-2,6H2,(H4,7,8,9,10). The summed E-state index contributed by atoms with van der Waals surface area (Å²) in [5, 5.41) is 19.1. The fourth-order valence-electron chi connectivity index (χ4n) is 0.848. The molecule has 0 saturated carbocycles. The summed E-state index contributed by atoms with van der Waals surface area (Å²) in [6.45, 7) is 0.773. The first-order valence-electron chi connectivity index (χ1n) is 3.59. The molecule has 0 fully saturated rings. The molecule has 1 aromatic rings. The van der Waals surface area contributed by atoms with E-state index in [2.05, 4.69) is 15.5 Å². The summed E-state index contributed by atoms with van der Waals surface area (Å²) >= 11 is 0. The molecule has 0 aliphatic heterocycles. The Balaban J connectivity index is 2.87. The number of nitrogen functional groups attached to an aromatic ring is 1. The summed E-state index contributed by atoms with van der Waals surface area (Å²) in [6.07, 6.45) is 0. The minimum Gasteiger partial charge on any atom is -0.378 e. The molecule has 0 saturated heterocycles. The Bertz CT molecular complexity index is 308. The van der Waals surface area contributed by atoms with E-state index in [9.17, 15) is 10.1 Å². The maximum absolute atomic E-state index is 10.5. The van der Waals surface area contributed by atoms with Gasteiger partial charge in [-0.25, -0.2) is 0 Å². The first-order chi connectivity index (χ1) is 6.16. The van der Waals surface area contributed by atoms with Crippen LogP contribution in [0.5, 0.6) is 0 Å². The second-order valence-corrected chi connectivity index (χ2v) is 2.31. The summed E-state index contributed by atoms with van der Waals surface area (Å²) in [4.78, 5) is 9.86. The van der Waals surface area contributed by atoms with Crippen LogP contribution in [0.3, 0.4) is 0 Å². The second-order valence-electron chi connectivity index (χ2n) is 2.31. The van der Waals surface area contributed by atoms with Crippen LogP contribution >= 0.6 is 0 Å². The SMILES string of the molecule is NCCNc1n[nH]c(N)c1[N+](=O)[O-]. The number of hydrogen-bond donors (Lipinski definition) is 4. The quantitative estimate of drug-likeness (QED) is 0.361.